The summed E-state index contributed by atoms with van der Waals surface area (Å²) >= 11 is 0. The van der Waals surface area contributed by atoms with Gasteiger partial charge in [0.05, 0.1) is 12.7 Å². The topological polar surface area (TPSA) is 89.9 Å². The minimum atomic E-state index is -0.693. The zero-order chi connectivity index (χ0) is 23.4. The molecule has 6 nitrogen and oxygen atoms in total. The van der Waals surface area contributed by atoms with Crippen molar-refractivity contribution in [3.05, 3.63) is 0 Å². The molecule has 0 radical (unpaired) electrons. The number of carboxylic acid groups (broad SMARTS) is 1. The fraction of sp³-hybridized carbons (Fsp3) is 0.870. The maximum absolute atomic E-state index is 11.0. The molecule has 1 N–H and O–H groups in total. The Balaban J connectivity index is -0.000000360. The molecule has 0 saturated carbocycles. The summed E-state index contributed by atoms with van der Waals surface area (Å²) in [4.78, 5) is 31.7. The Kier molecular flexibility index (Phi) is 23.4. The summed E-state index contributed by atoms with van der Waals surface area (Å²) in [7, 11) is 0. The number of aliphatic carboxylic acids is 1. The van der Waals surface area contributed by atoms with E-state index in [1.807, 2.05) is 62.3 Å². The van der Waals surface area contributed by atoms with Crippen LogP contribution in [0.5, 0.6) is 0 Å². The van der Waals surface area contributed by atoms with Crippen molar-refractivity contribution < 1.29 is 29.0 Å². The lowest BCUT2D eigenvalue weighted by atomic mass is 10.1. The Labute approximate surface area is 178 Å². The molecule has 0 aromatic carbocycles. The first-order chi connectivity index (χ1) is 13.3. The van der Waals surface area contributed by atoms with Crippen LogP contribution < -0.4 is 0 Å². The van der Waals surface area contributed by atoms with E-state index in [4.69, 9.17) is 14.6 Å². The van der Waals surface area contributed by atoms with E-state index in [1.165, 1.54) is 0 Å². The van der Waals surface area contributed by atoms with E-state index in [9.17, 15) is 14.4 Å². The summed E-state index contributed by atoms with van der Waals surface area (Å²) in [5, 5.41) is 8.04. The van der Waals surface area contributed by atoms with Gasteiger partial charge in [0.15, 0.2) is 0 Å². The Morgan fingerprint density at radius 1 is 0.793 bits per heavy atom. The Morgan fingerprint density at radius 2 is 1.28 bits per heavy atom. The lowest BCUT2D eigenvalue weighted by Crippen LogP contribution is -2.15. The van der Waals surface area contributed by atoms with Crippen LogP contribution in [0.25, 0.3) is 0 Å². The maximum Gasteiger partial charge on any atom is 0.306 e. The van der Waals surface area contributed by atoms with Crippen LogP contribution in [-0.4, -0.2) is 35.7 Å². The Hall–Kier alpha value is -1.59. The van der Waals surface area contributed by atoms with Gasteiger partial charge in [-0.1, -0.05) is 61.8 Å². The number of ether oxygens (including phenoxy) is 2. The van der Waals surface area contributed by atoms with Crippen molar-refractivity contribution in [3.8, 4) is 0 Å². The largest absolute Gasteiger partial charge is 0.481 e. The molecule has 0 aliphatic rings. The van der Waals surface area contributed by atoms with Crippen molar-refractivity contribution in [2.24, 2.45) is 17.8 Å². The highest BCUT2D eigenvalue weighted by Crippen LogP contribution is 2.05. The van der Waals surface area contributed by atoms with Crippen LogP contribution in [0.4, 0.5) is 0 Å². The third-order valence-corrected chi connectivity index (χ3v) is 3.38. The number of carboxylic acids is 1. The number of carbonyl (C=O) groups is 3. The van der Waals surface area contributed by atoms with Crippen LogP contribution in [0.2, 0.25) is 0 Å². The molecular weight excluding hydrogens is 372 g/mol. The summed E-state index contributed by atoms with van der Waals surface area (Å²) in [6.45, 7) is 18.5. The van der Waals surface area contributed by atoms with Gasteiger partial charge in [0.25, 0.3) is 0 Å². The number of hydrogen-bond donors (Lipinski definition) is 1. The zero-order valence-electron chi connectivity index (χ0n) is 20.2. The molecule has 1 unspecified atom stereocenters. The molecule has 0 spiro atoms. The Bertz CT molecular complexity index is 416. The van der Waals surface area contributed by atoms with E-state index in [-0.39, 0.29) is 18.0 Å². The van der Waals surface area contributed by atoms with Gasteiger partial charge < -0.3 is 14.6 Å². The van der Waals surface area contributed by atoms with Gasteiger partial charge in [-0.2, -0.15) is 0 Å². The van der Waals surface area contributed by atoms with E-state index in [0.717, 1.165) is 19.3 Å². The first-order valence-corrected chi connectivity index (χ1v) is 10.9. The van der Waals surface area contributed by atoms with Gasteiger partial charge in [-0.05, 0) is 37.5 Å². The number of esters is 2. The summed E-state index contributed by atoms with van der Waals surface area (Å²) < 4.78 is 10.0. The van der Waals surface area contributed by atoms with Crippen LogP contribution in [0.15, 0.2) is 0 Å². The molecule has 0 saturated heterocycles. The molecule has 1 atom stereocenters. The smallest absolute Gasteiger partial charge is 0.306 e. The lowest BCUT2D eigenvalue weighted by molar-refractivity contribution is -0.149. The highest BCUT2D eigenvalue weighted by Gasteiger charge is 2.09. The lowest BCUT2D eigenvalue weighted by Gasteiger charge is -2.11. The normalized spacial score (nSPS) is 11.2. The molecule has 0 bridgehead atoms. The van der Waals surface area contributed by atoms with Crippen molar-refractivity contribution in [3.63, 3.8) is 0 Å². The van der Waals surface area contributed by atoms with Gasteiger partial charge in [-0.25, -0.2) is 0 Å². The van der Waals surface area contributed by atoms with E-state index in [0.29, 0.717) is 43.6 Å². The molecular formula is C23H46O6. The molecule has 0 fully saturated rings. The third-order valence-electron chi connectivity index (χ3n) is 3.38. The fourth-order valence-electron chi connectivity index (χ4n) is 1.67. The number of carbonyl (C=O) groups excluding carboxylic acids is 2. The zero-order valence-corrected chi connectivity index (χ0v) is 20.2. The van der Waals surface area contributed by atoms with Crippen LogP contribution >= 0.6 is 0 Å². The summed E-state index contributed by atoms with van der Waals surface area (Å²) in [6, 6.07) is 0. The van der Waals surface area contributed by atoms with Crippen molar-refractivity contribution in [2.45, 2.75) is 107 Å². The van der Waals surface area contributed by atoms with Crippen LogP contribution in [0, 0.1) is 17.8 Å². The molecule has 29 heavy (non-hydrogen) atoms. The van der Waals surface area contributed by atoms with Crippen molar-refractivity contribution in [1.82, 2.24) is 0 Å². The van der Waals surface area contributed by atoms with Crippen LogP contribution in [0.1, 0.15) is 101 Å². The third kappa shape index (κ3) is 34.3. The average Bonchev–Trinajstić information content (AvgIpc) is 2.57. The Morgan fingerprint density at radius 3 is 1.59 bits per heavy atom. The average molecular weight is 419 g/mol. The van der Waals surface area contributed by atoms with E-state index < -0.39 is 5.97 Å². The standard InChI is InChI=1S/2C9H18O2.C5H10O2/c1-7(2)5-9(10)11-6-8(3)4;1-5-8(4)11-9(10)6-7(2)3;1-2-3-4-5(6)7/h2*7-8H,5-6H2,1-4H3;2-4H2,1H3,(H,6,7). The SMILES string of the molecule is CC(C)COC(=O)CC(C)C.CCC(C)OC(=O)CC(C)C.CCCCC(=O)O. The molecule has 174 valence electrons. The second-order valence-corrected chi connectivity index (χ2v) is 8.48. The highest BCUT2D eigenvalue weighted by atomic mass is 16.5. The van der Waals surface area contributed by atoms with Gasteiger partial charge in [-0.15, -0.1) is 0 Å². The van der Waals surface area contributed by atoms with Crippen LogP contribution in [0.3, 0.4) is 0 Å². The molecule has 6 heteroatoms. The molecule has 0 amide bonds. The van der Waals surface area contributed by atoms with Crippen molar-refractivity contribution in [1.29, 1.82) is 0 Å². The van der Waals surface area contributed by atoms with Gasteiger partial charge in [0, 0.05) is 19.3 Å². The van der Waals surface area contributed by atoms with Gasteiger partial charge >= 0.3 is 17.9 Å². The monoisotopic (exact) mass is 418 g/mol. The minimum Gasteiger partial charge on any atom is -0.481 e. The molecule has 0 aliphatic carbocycles. The van der Waals surface area contributed by atoms with E-state index >= 15 is 0 Å². The molecule has 0 aromatic rings. The number of hydrogen-bond acceptors (Lipinski definition) is 5. The molecule has 0 aliphatic heterocycles. The van der Waals surface area contributed by atoms with E-state index in [2.05, 4.69) is 0 Å². The second-order valence-electron chi connectivity index (χ2n) is 8.48. The predicted molar refractivity (Wildman–Crippen MR) is 118 cm³/mol. The van der Waals surface area contributed by atoms with Crippen LogP contribution in [-0.2, 0) is 23.9 Å². The minimum absolute atomic E-state index is 0.0706. The molecule has 0 rings (SSSR count). The van der Waals surface area contributed by atoms with Crippen molar-refractivity contribution >= 4 is 17.9 Å². The number of rotatable bonds is 11. The predicted octanol–water partition coefficient (Wildman–Crippen LogP) is 5.87. The van der Waals surface area contributed by atoms with E-state index in [1.54, 1.807) is 0 Å². The van der Waals surface area contributed by atoms with Gasteiger partial charge in [0.2, 0.25) is 0 Å². The summed E-state index contributed by atoms with van der Waals surface area (Å²) in [5.74, 6) is 0.386. The first kappa shape index (κ1) is 32.1. The highest BCUT2D eigenvalue weighted by molar-refractivity contribution is 5.70. The van der Waals surface area contributed by atoms with Gasteiger partial charge in [0.1, 0.15) is 0 Å². The summed E-state index contributed by atoms with van der Waals surface area (Å²) in [5.41, 5.74) is 0. The number of unbranched alkanes of at least 4 members (excludes halogenated alkanes) is 1. The fourth-order valence-corrected chi connectivity index (χ4v) is 1.67. The quantitative estimate of drug-likeness (QED) is 0.422. The van der Waals surface area contributed by atoms with Crippen molar-refractivity contribution in [2.75, 3.05) is 6.61 Å². The van der Waals surface area contributed by atoms with Gasteiger partial charge in [-0.3, -0.25) is 14.4 Å². The maximum atomic E-state index is 11.0. The summed E-state index contributed by atoms with van der Waals surface area (Å²) in [6.07, 6.45) is 4.11. The first-order valence-electron chi connectivity index (χ1n) is 10.9. The second kappa shape index (κ2) is 21.1. The molecule has 0 aromatic heterocycles. The molecule has 0 heterocycles.